The number of cyclic esters (lactones) is 1. The Labute approximate surface area is 156 Å². The molecule has 1 aromatic heterocycles. The van der Waals surface area contributed by atoms with Crippen LogP contribution >= 0.6 is 12.2 Å². The van der Waals surface area contributed by atoms with Crippen molar-refractivity contribution in [3.05, 3.63) is 29.6 Å². The number of carbonyl (C=O) groups is 1. The van der Waals surface area contributed by atoms with Gasteiger partial charge in [-0.2, -0.15) is 4.98 Å². The van der Waals surface area contributed by atoms with E-state index in [0.29, 0.717) is 29.9 Å². The maximum atomic E-state index is 12.2. The van der Waals surface area contributed by atoms with E-state index in [-0.39, 0.29) is 12.2 Å². The molecule has 0 radical (unpaired) electrons. The zero-order valence-electron chi connectivity index (χ0n) is 14.9. The molecular formula is C17H21N5O3S. The summed E-state index contributed by atoms with van der Waals surface area (Å²) in [6.45, 7) is 4.74. The number of aryl methyl sites for hydroxylation is 2. The molecule has 8 nitrogen and oxygen atoms in total. The Morgan fingerprint density at radius 2 is 2.27 bits per heavy atom. The number of anilines is 1. The monoisotopic (exact) mass is 375 g/mol. The van der Waals surface area contributed by atoms with E-state index >= 15 is 0 Å². The van der Waals surface area contributed by atoms with Crippen molar-refractivity contribution >= 4 is 29.1 Å². The van der Waals surface area contributed by atoms with E-state index in [2.05, 4.69) is 20.8 Å². The third kappa shape index (κ3) is 3.77. The van der Waals surface area contributed by atoms with Crippen LogP contribution in [0.2, 0.25) is 0 Å². The van der Waals surface area contributed by atoms with Gasteiger partial charge >= 0.3 is 6.09 Å². The second kappa shape index (κ2) is 7.69. The predicted octanol–water partition coefficient (Wildman–Crippen LogP) is 2.03. The molecule has 0 aliphatic carbocycles. The number of nitrogens with zero attached hydrogens (tertiary/aromatic N) is 3. The van der Waals surface area contributed by atoms with Crippen molar-refractivity contribution in [1.82, 2.24) is 20.8 Å². The van der Waals surface area contributed by atoms with Crippen molar-refractivity contribution in [3.8, 4) is 11.5 Å². The Bertz CT molecular complexity index is 822. The topological polar surface area (TPSA) is 92.5 Å². The number of nitrogens with one attached hydrogen (secondary N) is 2. The Morgan fingerprint density at radius 1 is 1.46 bits per heavy atom. The van der Waals surface area contributed by atoms with Gasteiger partial charge in [0.15, 0.2) is 10.9 Å². The lowest BCUT2D eigenvalue weighted by Crippen LogP contribution is -2.39. The lowest BCUT2D eigenvalue weighted by molar-refractivity contribution is 0.143. The van der Waals surface area contributed by atoms with Crippen LogP contribution in [0.4, 0.5) is 10.5 Å². The van der Waals surface area contributed by atoms with Crippen molar-refractivity contribution in [2.75, 3.05) is 25.0 Å². The van der Waals surface area contributed by atoms with Crippen LogP contribution in [0.5, 0.6) is 0 Å². The molecule has 1 amide bonds. The molecule has 1 fully saturated rings. The summed E-state index contributed by atoms with van der Waals surface area (Å²) in [7, 11) is 1.74. The number of thiocarbonyl (C=S) groups is 1. The van der Waals surface area contributed by atoms with Crippen LogP contribution in [-0.2, 0) is 11.2 Å². The molecule has 3 rings (SSSR count). The highest BCUT2D eigenvalue weighted by atomic mass is 32.1. The minimum atomic E-state index is -0.365. The van der Waals surface area contributed by atoms with Gasteiger partial charge in [-0.25, -0.2) is 4.79 Å². The van der Waals surface area contributed by atoms with Crippen molar-refractivity contribution < 1.29 is 14.1 Å². The molecule has 1 aliphatic heterocycles. The van der Waals surface area contributed by atoms with Crippen LogP contribution in [0.3, 0.4) is 0 Å². The van der Waals surface area contributed by atoms with Crippen molar-refractivity contribution in [2.24, 2.45) is 0 Å². The number of benzene rings is 1. The number of carbonyl (C=O) groups excluding carboxylic acids is 1. The second-order valence-electron chi connectivity index (χ2n) is 5.92. The van der Waals surface area contributed by atoms with Crippen LogP contribution in [0.15, 0.2) is 22.7 Å². The quantitative estimate of drug-likeness (QED) is 0.767. The minimum absolute atomic E-state index is 0.267. The molecule has 26 heavy (non-hydrogen) atoms. The Morgan fingerprint density at radius 3 is 2.92 bits per heavy atom. The summed E-state index contributed by atoms with van der Waals surface area (Å²) < 4.78 is 10.7. The Hall–Kier alpha value is -2.68. The highest BCUT2D eigenvalue weighted by Gasteiger charge is 2.32. The fourth-order valence-corrected chi connectivity index (χ4v) is 2.87. The fourth-order valence-electron chi connectivity index (χ4n) is 2.79. The number of aromatic nitrogens is 2. The smallest absolute Gasteiger partial charge is 0.414 e. The Kier molecular flexibility index (Phi) is 5.36. The van der Waals surface area contributed by atoms with Gasteiger partial charge < -0.3 is 19.9 Å². The van der Waals surface area contributed by atoms with Crippen LogP contribution in [0.1, 0.15) is 18.3 Å². The normalized spacial score (nSPS) is 16.5. The van der Waals surface area contributed by atoms with Crippen LogP contribution in [0, 0.1) is 6.92 Å². The lowest BCUT2D eigenvalue weighted by Gasteiger charge is -2.15. The van der Waals surface area contributed by atoms with E-state index in [0.717, 1.165) is 23.2 Å². The molecule has 0 saturated carbocycles. The summed E-state index contributed by atoms with van der Waals surface area (Å²) in [6.07, 6.45) is 0.141. The molecule has 2 N–H and O–H groups in total. The number of hydrogen-bond donors (Lipinski definition) is 2. The maximum absolute atomic E-state index is 12.2. The predicted molar refractivity (Wildman–Crippen MR) is 101 cm³/mol. The maximum Gasteiger partial charge on any atom is 0.414 e. The number of rotatable bonds is 5. The summed E-state index contributed by atoms with van der Waals surface area (Å²) >= 11 is 5.04. The number of hydrogen-bond acceptors (Lipinski definition) is 6. The molecule has 1 saturated heterocycles. The first-order valence-corrected chi connectivity index (χ1v) is 8.80. The Balaban J connectivity index is 1.77. The summed E-state index contributed by atoms with van der Waals surface area (Å²) in [5, 5.41) is 10.2. The SMILES string of the molecule is CCc1cc(N2CC(CNC(=S)NC)OC2=O)ccc1-c1nc(C)no1. The van der Waals surface area contributed by atoms with Crippen LogP contribution in [0.25, 0.3) is 11.5 Å². The van der Waals surface area contributed by atoms with Gasteiger partial charge in [0.05, 0.1) is 13.1 Å². The summed E-state index contributed by atoms with van der Waals surface area (Å²) in [5.41, 5.74) is 2.68. The van der Waals surface area contributed by atoms with E-state index in [9.17, 15) is 4.79 Å². The minimum Gasteiger partial charge on any atom is -0.442 e. The first-order valence-electron chi connectivity index (χ1n) is 8.39. The molecule has 2 aromatic rings. The number of ether oxygens (including phenoxy) is 1. The first kappa shape index (κ1) is 18.1. The molecule has 2 heterocycles. The molecule has 0 bridgehead atoms. The van der Waals surface area contributed by atoms with E-state index in [4.69, 9.17) is 21.5 Å². The molecular weight excluding hydrogens is 354 g/mol. The van der Waals surface area contributed by atoms with Gasteiger partial charge in [0.2, 0.25) is 0 Å². The lowest BCUT2D eigenvalue weighted by atomic mass is 10.0. The van der Waals surface area contributed by atoms with Crippen molar-refractivity contribution in [3.63, 3.8) is 0 Å². The van der Waals surface area contributed by atoms with Crippen LogP contribution in [-0.4, -0.2) is 47.6 Å². The van der Waals surface area contributed by atoms with Gasteiger partial charge in [0.1, 0.15) is 6.10 Å². The molecule has 0 spiro atoms. The van der Waals surface area contributed by atoms with E-state index < -0.39 is 0 Å². The van der Waals surface area contributed by atoms with Gasteiger partial charge in [-0.15, -0.1) is 0 Å². The van der Waals surface area contributed by atoms with E-state index in [1.54, 1.807) is 18.9 Å². The third-order valence-corrected chi connectivity index (χ3v) is 4.48. The average Bonchev–Trinajstić information content (AvgIpc) is 3.24. The number of amides is 1. The summed E-state index contributed by atoms with van der Waals surface area (Å²) in [5.74, 6) is 1.07. The van der Waals surface area contributed by atoms with Gasteiger partial charge in [-0.05, 0) is 49.3 Å². The summed E-state index contributed by atoms with van der Waals surface area (Å²) in [6, 6.07) is 5.73. The molecule has 1 aliphatic rings. The standard InChI is InChI=1S/C17H21N5O3S/c1-4-11-7-12(5-6-14(11)15-20-10(2)21-25-15)22-9-13(24-17(22)23)8-19-16(26)18-3/h5-7,13H,4,8-9H2,1-3H3,(H2,18,19,26). The molecule has 1 atom stereocenters. The second-order valence-corrected chi connectivity index (χ2v) is 6.33. The van der Waals surface area contributed by atoms with Gasteiger partial charge in [0, 0.05) is 18.3 Å². The van der Waals surface area contributed by atoms with Gasteiger partial charge in [-0.1, -0.05) is 12.1 Å². The van der Waals surface area contributed by atoms with Gasteiger partial charge in [-0.3, -0.25) is 4.90 Å². The fraction of sp³-hybridized carbons (Fsp3) is 0.412. The summed E-state index contributed by atoms with van der Waals surface area (Å²) in [4.78, 5) is 18.1. The highest BCUT2D eigenvalue weighted by Crippen LogP contribution is 2.29. The van der Waals surface area contributed by atoms with E-state index in [1.807, 2.05) is 25.1 Å². The van der Waals surface area contributed by atoms with E-state index in [1.165, 1.54) is 0 Å². The zero-order valence-corrected chi connectivity index (χ0v) is 15.7. The largest absolute Gasteiger partial charge is 0.442 e. The van der Waals surface area contributed by atoms with Gasteiger partial charge in [0.25, 0.3) is 5.89 Å². The van der Waals surface area contributed by atoms with Crippen LogP contribution < -0.4 is 15.5 Å². The molecule has 1 aromatic carbocycles. The van der Waals surface area contributed by atoms with Crippen molar-refractivity contribution in [1.29, 1.82) is 0 Å². The zero-order chi connectivity index (χ0) is 18.7. The average molecular weight is 375 g/mol. The van der Waals surface area contributed by atoms with Crippen molar-refractivity contribution in [2.45, 2.75) is 26.4 Å². The highest BCUT2D eigenvalue weighted by molar-refractivity contribution is 7.80. The third-order valence-electron chi connectivity index (χ3n) is 4.13. The first-order chi connectivity index (χ1) is 12.5. The molecule has 138 valence electrons. The molecule has 1 unspecified atom stereocenters. The molecule has 9 heteroatoms.